The standard InChI is InChI=1S/C15H27F3N2/c1-10-2-4-11(5-3-10)14(20-19)12-6-8-13(9-7-12)15(16,17)18/h10-14,20H,2-9,19H2,1H3. The van der Waals surface area contributed by atoms with E-state index in [0.29, 0.717) is 24.7 Å². The van der Waals surface area contributed by atoms with Crippen LogP contribution in [0.15, 0.2) is 0 Å². The van der Waals surface area contributed by atoms with Gasteiger partial charge in [0.05, 0.1) is 5.92 Å². The maximum atomic E-state index is 12.7. The summed E-state index contributed by atoms with van der Waals surface area (Å²) in [5, 5.41) is 0. The normalized spacial score (nSPS) is 37.6. The Morgan fingerprint density at radius 3 is 1.75 bits per heavy atom. The molecule has 0 heterocycles. The molecule has 0 bridgehead atoms. The molecule has 1 unspecified atom stereocenters. The summed E-state index contributed by atoms with van der Waals surface area (Å²) in [5.74, 6) is 6.27. The van der Waals surface area contributed by atoms with Crippen LogP contribution in [0.25, 0.3) is 0 Å². The third kappa shape index (κ3) is 3.88. The van der Waals surface area contributed by atoms with Crippen molar-refractivity contribution in [2.75, 3.05) is 0 Å². The van der Waals surface area contributed by atoms with E-state index in [-0.39, 0.29) is 18.9 Å². The Balaban J connectivity index is 1.87. The molecule has 0 amide bonds. The first-order valence-electron chi connectivity index (χ1n) is 7.94. The van der Waals surface area contributed by atoms with Crippen LogP contribution in [0.4, 0.5) is 13.2 Å². The van der Waals surface area contributed by atoms with Gasteiger partial charge in [0.15, 0.2) is 0 Å². The second kappa shape index (κ2) is 6.65. The van der Waals surface area contributed by atoms with Gasteiger partial charge in [0.25, 0.3) is 0 Å². The van der Waals surface area contributed by atoms with Gasteiger partial charge >= 0.3 is 6.18 Å². The zero-order valence-electron chi connectivity index (χ0n) is 12.3. The molecule has 0 aromatic carbocycles. The van der Waals surface area contributed by atoms with Crippen molar-refractivity contribution in [1.29, 1.82) is 0 Å². The van der Waals surface area contributed by atoms with Gasteiger partial charge in [0.1, 0.15) is 0 Å². The summed E-state index contributed by atoms with van der Waals surface area (Å²) < 4.78 is 38.1. The van der Waals surface area contributed by atoms with Crippen LogP contribution in [0, 0.1) is 23.7 Å². The Hall–Kier alpha value is -0.290. The Morgan fingerprint density at radius 1 is 0.900 bits per heavy atom. The maximum Gasteiger partial charge on any atom is 0.391 e. The van der Waals surface area contributed by atoms with Crippen molar-refractivity contribution in [2.24, 2.45) is 29.5 Å². The van der Waals surface area contributed by atoms with Crippen molar-refractivity contribution < 1.29 is 13.2 Å². The molecule has 2 rings (SSSR count). The van der Waals surface area contributed by atoms with Crippen molar-refractivity contribution in [3.63, 3.8) is 0 Å². The Kier molecular flexibility index (Phi) is 5.35. The predicted octanol–water partition coefficient (Wildman–Crippen LogP) is 4.01. The molecule has 5 heteroatoms. The van der Waals surface area contributed by atoms with Crippen molar-refractivity contribution in [1.82, 2.24) is 5.43 Å². The minimum atomic E-state index is -4.02. The monoisotopic (exact) mass is 292 g/mol. The van der Waals surface area contributed by atoms with Crippen LogP contribution in [0.1, 0.15) is 58.3 Å². The maximum absolute atomic E-state index is 12.7. The molecule has 20 heavy (non-hydrogen) atoms. The number of rotatable bonds is 3. The van der Waals surface area contributed by atoms with Crippen molar-refractivity contribution >= 4 is 0 Å². The summed E-state index contributed by atoms with van der Waals surface area (Å²) in [6.07, 6.45) is 2.62. The highest BCUT2D eigenvalue weighted by molar-refractivity contribution is 4.88. The highest BCUT2D eigenvalue weighted by Crippen LogP contribution is 2.43. The first-order valence-corrected chi connectivity index (χ1v) is 7.94. The van der Waals surface area contributed by atoms with E-state index in [4.69, 9.17) is 5.84 Å². The SMILES string of the molecule is CC1CCC(C(NN)C2CCC(C(F)(F)F)CC2)CC1. The molecule has 2 saturated carbocycles. The second-order valence-corrected chi connectivity index (χ2v) is 6.87. The number of hydrogen-bond donors (Lipinski definition) is 2. The van der Waals surface area contributed by atoms with Gasteiger partial charge in [-0.05, 0) is 56.3 Å². The molecule has 0 saturated heterocycles. The molecule has 0 spiro atoms. The molecule has 0 aromatic heterocycles. The molecular formula is C15H27F3N2. The lowest BCUT2D eigenvalue weighted by molar-refractivity contribution is -0.184. The van der Waals surface area contributed by atoms with Crippen LogP contribution in [0.5, 0.6) is 0 Å². The summed E-state index contributed by atoms with van der Waals surface area (Å²) in [7, 11) is 0. The van der Waals surface area contributed by atoms with E-state index < -0.39 is 12.1 Å². The summed E-state index contributed by atoms with van der Waals surface area (Å²) in [6.45, 7) is 2.27. The largest absolute Gasteiger partial charge is 0.391 e. The number of nitrogens with two attached hydrogens (primary N) is 1. The van der Waals surface area contributed by atoms with Gasteiger partial charge in [-0.3, -0.25) is 11.3 Å². The fourth-order valence-corrected chi connectivity index (χ4v) is 4.11. The van der Waals surface area contributed by atoms with E-state index >= 15 is 0 Å². The Labute approximate surface area is 119 Å². The third-order valence-electron chi connectivity index (χ3n) is 5.50. The lowest BCUT2D eigenvalue weighted by atomic mass is 9.70. The van der Waals surface area contributed by atoms with Crippen LogP contribution >= 0.6 is 0 Å². The molecule has 118 valence electrons. The number of halogens is 3. The summed E-state index contributed by atoms with van der Waals surface area (Å²) in [4.78, 5) is 0. The minimum absolute atomic E-state index is 0.205. The smallest absolute Gasteiger partial charge is 0.271 e. The van der Waals surface area contributed by atoms with Crippen LogP contribution < -0.4 is 11.3 Å². The summed E-state index contributed by atoms with van der Waals surface area (Å²) in [6, 6.07) is 0.205. The van der Waals surface area contributed by atoms with Crippen molar-refractivity contribution in [3.05, 3.63) is 0 Å². The molecule has 0 radical (unpaired) electrons. The van der Waals surface area contributed by atoms with Crippen molar-refractivity contribution in [2.45, 2.75) is 70.5 Å². The minimum Gasteiger partial charge on any atom is -0.271 e. The molecule has 3 N–H and O–H groups in total. The molecule has 2 nitrogen and oxygen atoms in total. The molecule has 2 aliphatic carbocycles. The van der Waals surface area contributed by atoms with E-state index in [1.54, 1.807) is 0 Å². The number of alkyl halides is 3. The fourth-order valence-electron chi connectivity index (χ4n) is 4.11. The topological polar surface area (TPSA) is 38.0 Å². The molecule has 0 aromatic rings. The lowest BCUT2D eigenvalue weighted by Crippen LogP contribution is -2.48. The number of hydrazine groups is 1. The average molecular weight is 292 g/mol. The van der Waals surface area contributed by atoms with E-state index in [1.165, 1.54) is 12.8 Å². The van der Waals surface area contributed by atoms with E-state index in [1.807, 2.05) is 0 Å². The molecule has 2 aliphatic rings. The van der Waals surface area contributed by atoms with Crippen LogP contribution in [-0.2, 0) is 0 Å². The molecular weight excluding hydrogens is 265 g/mol. The van der Waals surface area contributed by atoms with Gasteiger partial charge in [-0.25, -0.2) is 0 Å². The lowest BCUT2D eigenvalue weighted by Gasteiger charge is -2.40. The predicted molar refractivity (Wildman–Crippen MR) is 73.7 cm³/mol. The van der Waals surface area contributed by atoms with Gasteiger partial charge in [0.2, 0.25) is 0 Å². The second-order valence-electron chi connectivity index (χ2n) is 6.87. The number of nitrogens with one attached hydrogen (secondary N) is 1. The quantitative estimate of drug-likeness (QED) is 0.609. The summed E-state index contributed by atoms with van der Waals surface area (Å²) >= 11 is 0. The van der Waals surface area contributed by atoms with Crippen molar-refractivity contribution in [3.8, 4) is 0 Å². The van der Waals surface area contributed by atoms with Crippen LogP contribution in [-0.4, -0.2) is 12.2 Å². The third-order valence-corrected chi connectivity index (χ3v) is 5.50. The molecule has 1 atom stereocenters. The highest BCUT2D eigenvalue weighted by Gasteiger charge is 2.43. The molecule has 2 fully saturated rings. The summed E-state index contributed by atoms with van der Waals surface area (Å²) in [5.41, 5.74) is 2.93. The highest BCUT2D eigenvalue weighted by atomic mass is 19.4. The first-order chi connectivity index (χ1) is 9.41. The Bertz CT molecular complexity index is 290. The Morgan fingerprint density at radius 2 is 1.35 bits per heavy atom. The van der Waals surface area contributed by atoms with Gasteiger partial charge in [-0.1, -0.05) is 19.8 Å². The van der Waals surface area contributed by atoms with E-state index in [0.717, 1.165) is 18.8 Å². The molecule has 0 aliphatic heterocycles. The van der Waals surface area contributed by atoms with Crippen LogP contribution in [0.2, 0.25) is 0 Å². The zero-order valence-corrected chi connectivity index (χ0v) is 12.3. The van der Waals surface area contributed by atoms with E-state index in [2.05, 4.69) is 12.3 Å². The van der Waals surface area contributed by atoms with Crippen LogP contribution in [0.3, 0.4) is 0 Å². The van der Waals surface area contributed by atoms with Gasteiger partial charge in [-0.2, -0.15) is 13.2 Å². The van der Waals surface area contributed by atoms with Gasteiger partial charge in [0, 0.05) is 6.04 Å². The first kappa shape index (κ1) is 16.1. The van der Waals surface area contributed by atoms with E-state index in [9.17, 15) is 13.2 Å². The number of hydrogen-bond acceptors (Lipinski definition) is 2. The van der Waals surface area contributed by atoms with Gasteiger partial charge < -0.3 is 0 Å². The van der Waals surface area contributed by atoms with Gasteiger partial charge in [-0.15, -0.1) is 0 Å². The average Bonchev–Trinajstić information content (AvgIpc) is 2.41. The zero-order chi connectivity index (χ0) is 14.8. The fraction of sp³-hybridized carbons (Fsp3) is 1.00.